The Morgan fingerprint density at radius 2 is 0.868 bits per heavy atom. The molecule has 0 heterocycles. The van der Waals surface area contributed by atoms with Crippen molar-refractivity contribution >= 4 is 18.0 Å². The Morgan fingerprint density at radius 3 is 1.25 bits per heavy atom. The Morgan fingerprint density at radius 1 is 0.509 bits per heavy atom. The lowest BCUT2D eigenvalue weighted by atomic mass is 10.1. The molecular weight excluding hydrogens is 665 g/mol. The zero-order chi connectivity index (χ0) is 38.9. The molecule has 8 heteroatoms. The van der Waals surface area contributed by atoms with Gasteiger partial charge >= 0.3 is 18.0 Å². The van der Waals surface area contributed by atoms with E-state index >= 15 is 0 Å². The number of carbonyl (C=O) groups is 3. The maximum absolute atomic E-state index is 12.5. The van der Waals surface area contributed by atoms with Crippen molar-refractivity contribution in [2.24, 2.45) is 0 Å². The summed E-state index contributed by atoms with van der Waals surface area (Å²) in [5.74, 6) is -0.598. The van der Waals surface area contributed by atoms with Crippen LogP contribution in [0, 0.1) is 0 Å². The van der Waals surface area contributed by atoms with Crippen molar-refractivity contribution in [2.75, 3.05) is 40.0 Å². The Labute approximate surface area is 327 Å². The first kappa shape index (κ1) is 50.6. The largest absolute Gasteiger partial charge is 0.463 e. The quantitative estimate of drug-likeness (QED) is 0.0289. The van der Waals surface area contributed by atoms with Gasteiger partial charge in [-0.15, -0.1) is 0 Å². The number of carbonyl (C=O) groups excluding carboxylic acids is 3. The Hall–Kier alpha value is -2.35. The minimum atomic E-state index is -0.664. The normalized spacial score (nSPS) is 12.2. The van der Waals surface area contributed by atoms with Crippen molar-refractivity contribution in [2.45, 2.75) is 207 Å². The fraction of sp³-hybridized carbons (Fsp3) is 0.844. The van der Waals surface area contributed by atoms with E-state index in [4.69, 9.17) is 14.2 Å². The maximum atomic E-state index is 12.5. The summed E-state index contributed by atoms with van der Waals surface area (Å²) < 4.78 is 16.3. The lowest BCUT2D eigenvalue weighted by Gasteiger charge is -2.19. The molecule has 0 saturated heterocycles. The molecule has 310 valence electrons. The van der Waals surface area contributed by atoms with E-state index in [1.165, 1.54) is 116 Å². The molecule has 53 heavy (non-hydrogen) atoms. The van der Waals surface area contributed by atoms with Crippen LogP contribution in [0.25, 0.3) is 0 Å². The smallest absolute Gasteiger partial charge is 0.407 e. The standard InChI is InChI=1S/C45H84N2O6/c1-5-8-10-12-14-16-18-20-22-24-26-28-30-32-34-36-43(48)52-40-42(46-45(50)51-39-38-47(4)7-3)41-53-44(49)37-35-33-31-29-27-25-23-21-19-17-15-13-11-9-6-2/h20-23,42H,5-19,24-41H2,1-4H3,(H,46,50). The van der Waals surface area contributed by atoms with E-state index in [2.05, 4.69) is 43.5 Å². The molecule has 1 amide bonds. The second kappa shape index (κ2) is 40.8. The molecule has 0 aromatic heterocycles. The van der Waals surface area contributed by atoms with Gasteiger partial charge in [-0.1, -0.05) is 148 Å². The highest BCUT2D eigenvalue weighted by Crippen LogP contribution is 2.12. The van der Waals surface area contributed by atoms with Crippen LogP contribution in [0.5, 0.6) is 0 Å². The number of nitrogens with one attached hydrogen (secondary N) is 1. The average molecular weight is 749 g/mol. The molecule has 0 fully saturated rings. The molecule has 8 nitrogen and oxygen atoms in total. The highest BCUT2D eigenvalue weighted by molar-refractivity contribution is 5.70. The van der Waals surface area contributed by atoms with Crippen LogP contribution in [0.3, 0.4) is 0 Å². The van der Waals surface area contributed by atoms with E-state index in [1.54, 1.807) is 0 Å². The molecule has 0 aromatic carbocycles. The molecule has 0 atom stereocenters. The first-order chi connectivity index (χ1) is 25.9. The van der Waals surface area contributed by atoms with Crippen molar-refractivity contribution in [3.05, 3.63) is 24.3 Å². The minimum absolute atomic E-state index is 0.0610. The summed E-state index contributed by atoms with van der Waals surface area (Å²) in [4.78, 5) is 39.4. The van der Waals surface area contributed by atoms with Crippen molar-refractivity contribution in [3.8, 4) is 0 Å². The number of unbranched alkanes of at least 4 members (excludes halogenated alkanes) is 22. The number of hydrogen-bond donors (Lipinski definition) is 1. The summed E-state index contributed by atoms with van der Waals surface area (Å²) in [5.41, 5.74) is 0. The molecule has 0 aliphatic heterocycles. The summed E-state index contributed by atoms with van der Waals surface area (Å²) >= 11 is 0. The van der Waals surface area contributed by atoms with Gasteiger partial charge in [0.1, 0.15) is 25.9 Å². The highest BCUT2D eigenvalue weighted by atomic mass is 16.6. The van der Waals surface area contributed by atoms with Gasteiger partial charge in [-0.3, -0.25) is 9.59 Å². The van der Waals surface area contributed by atoms with E-state index in [1.807, 2.05) is 18.9 Å². The Bertz CT molecular complexity index is 836. The van der Waals surface area contributed by atoms with Gasteiger partial charge in [0.25, 0.3) is 0 Å². The molecular formula is C45H84N2O6. The fourth-order valence-electron chi connectivity index (χ4n) is 6.00. The number of likely N-dealkylation sites (N-methyl/N-ethyl adjacent to an activating group) is 1. The third-order valence-electron chi connectivity index (χ3n) is 9.74. The number of amides is 1. The average Bonchev–Trinajstić information content (AvgIpc) is 3.15. The first-order valence-electron chi connectivity index (χ1n) is 22.2. The van der Waals surface area contributed by atoms with E-state index in [0.717, 1.165) is 57.9 Å². The van der Waals surface area contributed by atoms with Crippen LogP contribution in [-0.4, -0.2) is 68.9 Å². The van der Waals surface area contributed by atoms with Gasteiger partial charge in [0.05, 0.1) is 0 Å². The van der Waals surface area contributed by atoms with Gasteiger partial charge in [-0.25, -0.2) is 4.79 Å². The predicted molar refractivity (Wildman–Crippen MR) is 222 cm³/mol. The zero-order valence-corrected chi connectivity index (χ0v) is 35.1. The SMILES string of the molecule is CCCCCCCCC=CCCCCCCCC(=O)OCC(COC(=O)CCCCCCCC=CCCCCCCCC)NC(=O)OCCN(C)CC. The van der Waals surface area contributed by atoms with Gasteiger partial charge in [0, 0.05) is 19.4 Å². The third kappa shape index (κ3) is 39.2. The lowest BCUT2D eigenvalue weighted by Crippen LogP contribution is -2.43. The molecule has 0 aromatic rings. The highest BCUT2D eigenvalue weighted by Gasteiger charge is 2.18. The van der Waals surface area contributed by atoms with E-state index < -0.39 is 12.1 Å². The number of hydrogen-bond acceptors (Lipinski definition) is 7. The third-order valence-corrected chi connectivity index (χ3v) is 9.74. The Kier molecular flexibility index (Phi) is 39.0. The van der Waals surface area contributed by atoms with Crippen LogP contribution in [0.1, 0.15) is 201 Å². The lowest BCUT2D eigenvalue weighted by molar-refractivity contribution is -0.147. The van der Waals surface area contributed by atoms with Gasteiger partial charge in [0.15, 0.2) is 0 Å². The van der Waals surface area contributed by atoms with Crippen molar-refractivity contribution < 1.29 is 28.6 Å². The number of nitrogens with zero attached hydrogens (tertiary/aromatic N) is 1. The van der Waals surface area contributed by atoms with Crippen molar-refractivity contribution in [3.63, 3.8) is 0 Å². The van der Waals surface area contributed by atoms with E-state index in [-0.39, 0.29) is 31.8 Å². The Balaban J connectivity index is 4.21. The molecule has 1 N–H and O–H groups in total. The van der Waals surface area contributed by atoms with E-state index in [9.17, 15) is 14.4 Å². The van der Waals surface area contributed by atoms with Crippen LogP contribution < -0.4 is 5.32 Å². The van der Waals surface area contributed by atoms with Crippen LogP contribution in [-0.2, 0) is 23.8 Å². The summed E-state index contributed by atoms with van der Waals surface area (Å²) in [5, 5.41) is 2.72. The van der Waals surface area contributed by atoms with Crippen LogP contribution >= 0.6 is 0 Å². The number of rotatable bonds is 39. The van der Waals surface area contributed by atoms with E-state index in [0.29, 0.717) is 19.4 Å². The second-order valence-corrected chi connectivity index (χ2v) is 14.9. The van der Waals surface area contributed by atoms with Gasteiger partial charge in [0.2, 0.25) is 0 Å². The molecule has 0 rings (SSSR count). The molecule has 0 aliphatic rings. The monoisotopic (exact) mass is 749 g/mol. The number of alkyl carbamates (subject to hydrolysis) is 1. The first-order valence-corrected chi connectivity index (χ1v) is 22.2. The topological polar surface area (TPSA) is 94.2 Å². The van der Waals surface area contributed by atoms with Crippen molar-refractivity contribution in [1.29, 1.82) is 0 Å². The summed E-state index contributed by atoms with van der Waals surface area (Å²) in [6.45, 7) is 8.14. The molecule has 0 saturated carbocycles. The van der Waals surface area contributed by atoms with Gasteiger partial charge in [-0.05, 0) is 77.8 Å². The van der Waals surface area contributed by atoms with Crippen LogP contribution in [0.2, 0.25) is 0 Å². The summed E-state index contributed by atoms with van der Waals surface area (Å²) in [6.07, 6.45) is 40.6. The molecule has 0 aliphatic carbocycles. The second-order valence-electron chi connectivity index (χ2n) is 14.9. The number of allylic oxidation sites excluding steroid dienone is 4. The fourth-order valence-corrected chi connectivity index (χ4v) is 6.00. The molecule has 0 unspecified atom stereocenters. The predicted octanol–water partition coefficient (Wildman–Crippen LogP) is 12.2. The van der Waals surface area contributed by atoms with Crippen molar-refractivity contribution in [1.82, 2.24) is 10.2 Å². The zero-order valence-electron chi connectivity index (χ0n) is 35.1. The molecule has 0 bridgehead atoms. The van der Waals surface area contributed by atoms with Gasteiger partial charge < -0.3 is 24.4 Å². The van der Waals surface area contributed by atoms with Crippen LogP contribution in [0.15, 0.2) is 24.3 Å². The summed E-state index contributed by atoms with van der Waals surface area (Å²) in [7, 11) is 1.95. The van der Waals surface area contributed by atoms with Crippen LogP contribution in [0.4, 0.5) is 4.79 Å². The minimum Gasteiger partial charge on any atom is -0.463 e. The molecule has 0 spiro atoms. The number of esters is 2. The maximum Gasteiger partial charge on any atom is 0.407 e. The van der Waals surface area contributed by atoms with Gasteiger partial charge in [-0.2, -0.15) is 0 Å². The summed E-state index contributed by atoms with van der Waals surface area (Å²) in [6, 6.07) is -0.664. The number of ether oxygens (including phenoxy) is 3. The molecule has 0 radical (unpaired) electrons.